The first-order valence-corrected chi connectivity index (χ1v) is 7.14. The zero-order valence-corrected chi connectivity index (χ0v) is 12.4. The third kappa shape index (κ3) is 2.64. The summed E-state index contributed by atoms with van der Waals surface area (Å²) in [5, 5.41) is 3.47. The van der Waals surface area contributed by atoms with Crippen LogP contribution in [0.25, 0.3) is 0 Å². The van der Waals surface area contributed by atoms with Crippen LogP contribution in [0.15, 0.2) is 42.5 Å². The molecule has 20 heavy (non-hydrogen) atoms. The van der Waals surface area contributed by atoms with Crippen molar-refractivity contribution in [2.24, 2.45) is 0 Å². The van der Waals surface area contributed by atoms with Crippen molar-refractivity contribution >= 4 is 5.69 Å². The number of para-hydroxylation sites is 1. The minimum Gasteiger partial charge on any atom is -0.487 e. The third-order valence-corrected chi connectivity index (χ3v) is 3.71. The molecule has 1 aliphatic rings. The summed E-state index contributed by atoms with van der Waals surface area (Å²) in [6, 6.07) is 14.9. The van der Waals surface area contributed by atoms with E-state index in [0.717, 1.165) is 24.4 Å². The highest BCUT2D eigenvalue weighted by Gasteiger charge is 2.31. The van der Waals surface area contributed by atoms with Crippen LogP contribution in [0.4, 0.5) is 5.69 Å². The molecule has 1 N–H and O–H groups in total. The summed E-state index contributed by atoms with van der Waals surface area (Å²) in [5.41, 5.74) is 4.89. The zero-order valence-electron chi connectivity index (χ0n) is 12.4. The summed E-state index contributed by atoms with van der Waals surface area (Å²) >= 11 is 0. The molecule has 1 aliphatic heterocycles. The first-order valence-electron chi connectivity index (χ1n) is 7.14. The molecule has 0 saturated heterocycles. The van der Waals surface area contributed by atoms with Crippen LogP contribution in [-0.4, -0.2) is 5.60 Å². The molecule has 0 atom stereocenters. The summed E-state index contributed by atoms with van der Waals surface area (Å²) in [5.74, 6) is 1.07. The molecule has 2 aromatic rings. The standard InChI is InChI=1S/C18H21NO/c1-13-7-9-16(10-8-13)19-12-15-6-4-5-14-11-18(2,3)20-17(14)15/h4-10,19H,11-12H2,1-3H3. The number of ether oxygens (including phenoxy) is 1. The Balaban J connectivity index is 1.76. The Morgan fingerprint density at radius 2 is 1.85 bits per heavy atom. The van der Waals surface area contributed by atoms with Crippen LogP contribution in [-0.2, 0) is 13.0 Å². The Kier molecular flexibility index (Phi) is 3.17. The number of fused-ring (bicyclic) bond motifs is 1. The lowest BCUT2D eigenvalue weighted by Crippen LogP contribution is -2.25. The highest BCUT2D eigenvalue weighted by atomic mass is 16.5. The molecule has 0 aliphatic carbocycles. The van der Waals surface area contributed by atoms with Gasteiger partial charge in [0.05, 0.1) is 0 Å². The van der Waals surface area contributed by atoms with E-state index in [1.807, 2.05) is 0 Å². The zero-order chi connectivity index (χ0) is 14.2. The van der Waals surface area contributed by atoms with E-state index in [0.29, 0.717) is 0 Å². The molecular weight excluding hydrogens is 246 g/mol. The van der Waals surface area contributed by atoms with Crippen molar-refractivity contribution in [2.75, 3.05) is 5.32 Å². The molecular formula is C18H21NO. The molecule has 0 spiro atoms. The van der Waals surface area contributed by atoms with Gasteiger partial charge in [-0.05, 0) is 38.5 Å². The molecule has 2 nitrogen and oxygen atoms in total. The second-order valence-corrected chi connectivity index (χ2v) is 6.16. The van der Waals surface area contributed by atoms with Crippen LogP contribution in [0.5, 0.6) is 5.75 Å². The Hall–Kier alpha value is -1.96. The predicted molar refractivity (Wildman–Crippen MR) is 83.4 cm³/mol. The molecule has 2 aromatic carbocycles. The summed E-state index contributed by atoms with van der Waals surface area (Å²) in [4.78, 5) is 0. The highest BCUT2D eigenvalue weighted by Crippen LogP contribution is 2.37. The molecule has 1 heterocycles. The average Bonchev–Trinajstić information content (AvgIpc) is 2.72. The van der Waals surface area contributed by atoms with E-state index >= 15 is 0 Å². The normalized spacial score (nSPS) is 15.6. The van der Waals surface area contributed by atoms with Crippen LogP contribution < -0.4 is 10.1 Å². The molecule has 2 heteroatoms. The van der Waals surface area contributed by atoms with Crippen LogP contribution in [0.1, 0.15) is 30.5 Å². The van der Waals surface area contributed by atoms with Crippen molar-refractivity contribution in [3.63, 3.8) is 0 Å². The Bertz CT molecular complexity index is 614. The summed E-state index contributed by atoms with van der Waals surface area (Å²) in [6.07, 6.45) is 0.987. The van der Waals surface area contributed by atoms with Gasteiger partial charge in [-0.15, -0.1) is 0 Å². The van der Waals surface area contributed by atoms with Crippen molar-refractivity contribution in [3.05, 3.63) is 59.2 Å². The summed E-state index contributed by atoms with van der Waals surface area (Å²) < 4.78 is 6.09. The monoisotopic (exact) mass is 267 g/mol. The minimum atomic E-state index is -0.0811. The van der Waals surface area contributed by atoms with Gasteiger partial charge in [0.15, 0.2) is 0 Å². The van der Waals surface area contributed by atoms with Gasteiger partial charge in [0.2, 0.25) is 0 Å². The molecule has 0 amide bonds. The number of anilines is 1. The lowest BCUT2D eigenvalue weighted by Gasteiger charge is -2.18. The van der Waals surface area contributed by atoms with Crippen LogP contribution in [0, 0.1) is 6.92 Å². The van der Waals surface area contributed by atoms with Gasteiger partial charge >= 0.3 is 0 Å². The number of benzene rings is 2. The molecule has 0 fully saturated rings. The maximum absolute atomic E-state index is 6.09. The van der Waals surface area contributed by atoms with Crippen LogP contribution >= 0.6 is 0 Å². The molecule has 0 radical (unpaired) electrons. The Morgan fingerprint density at radius 1 is 1.10 bits per heavy atom. The number of nitrogens with one attached hydrogen (secondary N) is 1. The molecule has 3 rings (SSSR count). The lowest BCUT2D eigenvalue weighted by molar-refractivity contribution is 0.137. The van der Waals surface area contributed by atoms with Gasteiger partial charge in [-0.3, -0.25) is 0 Å². The molecule has 0 aromatic heterocycles. The number of hydrogen-bond acceptors (Lipinski definition) is 2. The third-order valence-electron chi connectivity index (χ3n) is 3.71. The summed E-state index contributed by atoms with van der Waals surface area (Å²) in [6.45, 7) is 7.18. The minimum absolute atomic E-state index is 0.0811. The molecule has 0 bridgehead atoms. The van der Waals surface area contributed by atoms with E-state index < -0.39 is 0 Å². The van der Waals surface area contributed by atoms with Crippen molar-refractivity contribution in [2.45, 2.75) is 39.3 Å². The molecule has 0 saturated carbocycles. The summed E-state index contributed by atoms with van der Waals surface area (Å²) in [7, 11) is 0. The largest absolute Gasteiger partial charge is 0.487 e. The van der Waals surface area contributed by atoms with Gasteiger partial charge in [-0.25, -0.2) is 0 Å². The fourth-order valence-electron chi connectivity index (χ4n) is 2.69. The van der Waals surface area contributed by atoms with E-state index in [2.05, 4.69) is 68.6 Å². The maximum atomic E-state index is 6.09. The van der Waals surface area contributed by atoms with Crippen molar-refractivity contribution < 1.29 is 4.74 Å². The first kappa shape index (κ1) is 13.0. The SMILES string of the molecule is Cc1ccc(NCc2cccc3c2OC(C)(C)C3)cc1. The lowest BCUT2D eigenvalue weighted by atomic mass is 10.0. The van der Waals surface area contributed by atoms with Crippen molar-refractivity contribution in [1.29, 1.82) is 0 Å². The highest BCUT2D eigenvalue weighted by molar-refractivity contribution is 5.49. The van der Waals surface area contributed by atoms with Gasteiger partial charge in [-0.2, -0.15) is 0 Å². The number of rotatable bonds is 3. The van der Waals surface area contributed by atoms with Crippen LogP contribution in [0.3, 0.4) is 0 Å². The van der Waals surface area contributed by atoms with E-state index in [4.69, 9.17) is 4.74 Å². The average molecular weight is 267 g/mol. The van der Waals surface area contributed by atoms with Gasteiger partial charge in [-0.1, -0.05) is 35.9 Å². The van der Waals surface area contributed by atoms with E-state index in [1.54, 1.807) is 0 Å². The fraction of sp³-hybridized carbons (Fsp3) is 0.333. The second kappa shape index (κ2) is 4.86. The van der Waals surface area contributed by atoms with E-state index in [1.165, 1.54) is 16.7 Å². The number of aryl methyl sites for hydroxylation is 1. The molecule has 104 valence electrons. The smallest absolute Gasteiger partial charge is 0.128 e. The second-order valence-electron chi connectivity index (χ2n) is 6.16. The first-order chi connectivity index (χ1) is 9.53. The van der Waals surface area contributed by atoms with Gasteiger partial charge < -0.3 is 10.1 Å². The number of hydrogen-bond donors (Lipinski definition) is 1. The Labute approximate surface area is 120 Å². The van der Waals surface area contributed by atoms with E-state index in [9.17, 15) is 0 Å². The Morgan fingerprint density at radius 3 is 2.60 bits per heavy atom. The van der Waals surface area contributed by atoms with Gasteiger partial charge in [0.1, 0.15) is 11.4 Å². The van der Waals surface area contributed by atoms with Crippen molar-refractivity contribution in [3.8, 4) is 5.75 Å². The fourth-order valence-corrected chi connectivity index (χ4v) is 2.69. The maximum Gasteiger partial charge on any atom is 0.128 e. The quantitative estimate of drug-likeness (QED) is 0.894. The van der Waals surface area contributed by atoms with Crippen LogP contribution in [0.2, 0.25) is 0 Å². The predicted octanol–water partition coefficient (Wildman–Crippen LogP) is 4.32. The van der Waals surface area contributed by atoms with Gasteiger partial charge in [0.25, 0.3) is 0 Å². The topological polar surface area (TPSA) is 21.3 Å². The van der Waals surface area contributed by atoms with E-state index in [-0.39, 0.29) is 5.60 Å². The van der Waals surface area contributed by atoms with Gasteiger partial charge in [0, 0.05) is 24.2 Å². The van der Waals surface area contributed by atoms with Crippen molar-refractivity contribution in [1.82, 2.24) is 0 Å². The molecule has 0 unspecified atom stereocenters.